The number of nitrogens with two attached hydrogens (primary N) is 1. The summed E-state index contributed by atoms with van der Waals surface area (Å²) in [7, 11) is 0. The Hall–Kier alpha value is -2.76. The number of nitrogen functional groups attached to an aromatic ring is 1. The number of rotatable bonds is 4. The van der Waals surface area contributed by atoms with Crippen LogP contribution in [-0.2, 0) is 4.79 Å². The SMILES string of the molecule is CCC1CN(C(C)C(=O)Nc2ccc(F)cc2)c2ccc(N)cc2O1. The number of nitrogens with one attached hydrogen (secondary N) is 1. The van der Waals surface area contributed by atoms with Crippen LogP contribution >= 0.6 is 0 Å². The molecule has 0 bridgehead atoms. The number of anilines is 3. The average Bonchev–Trinajstić information content (AvgIpc) is 2.61. The molecule has 2 aromatic rings. The largest absolute Gasteiger partial charge is 0.486 e. The highest BCUT2D eigenvalue weighted by Crippen LogP contribution is 2.37. The van der Waals surface area contributed by atoms with E-state index in [0.717, 1.165) is 12.1 Å². The van der Waals surface area contributed by atoms with E-state index in [-0.39, 0.29) is 17.8 Å². The van der Waals surface area contributed by atoms with Crippen LogP contribution < -0.4 is 20.7 Å². The summed E-state index contributed by atoms with van der Waals surface area (Å²) in [4.78, 5) is 14.7. The second kappa shape index (κ2) is 7.01. The van der Waals surface area contributed by atoms with Gasteiger partial charge in [0, 0.05) is 17.4 Å². The van der Waals surface area contributed by atoms with Crippen LogP contribution in [0.3, 0.4) is 0 Å². The second-order valence-corrected chi connectivity index (χ2v) is 6.20. The maximum atomic E-state index is 13.0. The molecule has 2 aromatic carbocycles. The van der Waals surface area contributed by atoms with E-state index in [2.05, 4.69) is 5.32 Å². The Morgan fingerprint density at radius 3 is 2.76 bits per heavy atom. The molecule has 25 heavy (non-hydrogen) atoms. The van der Waals surface area contributed by atoms with Crippen LogP contribution in [0.25, 0.3) is 0 Å². The van der Waals surface area contributed by atoms with Gasteiger partial charge in [-0.3, -0.25) is 4.79 Å². The van der Waals surface area contributed by atoms with Gasteiger partial charge >= 0.3 is 0 Å². The van der Waals surface area contributed by atoms with Crippen molar-refractivity contribution in [2.45, 2.75) is 32.4 Å². The Morgan fingerprint density at radius 2 is 2.08 bits per heavy atom. The highest BCUT2D eigenvalue weighted by atomic mass is 19.1. The molecule has 5 nitrogen and oxygen atoms in total. The third kappa shape index (κ3) is 3.68. The Morgan fingerprint density at radius 1 is 1.36 bits per heavy atom. The van der Waals surface area contributed by atoms with Crippen molar-refractivity contribution in [1.82, 2.24) is 0 Å². The van der Waals surface area contributed by atoms with Gasteiger partial charge in [0.05, 0.1) is 12.2 Å². The first-order valence-electron chi connectivity index (χ1n) is 8.37. The molecule has 1 amide bonds. The Bertz CT molecular complexity index is 764. The van der Waals surface area contributed by atoms with Crippen LogP contribution in [-0.4, -0.2) is 24.6 Å². The molecule has 3 rings (SSSR count). The van der Waals surface area contributed by atoms with E-state index >= 15 is 0 Å². The van der Waals surface area contributed by atoms with Gasteiger partial charge in [0.15, 0.2) is 0 Å². The van der Waals surface area contributed by atoms with Gasteiger partial charge in [-0.05, 0) is 49.7 Å². The van der Waals surface area contributed by atoms with Crippen molar-refractivity contribution in [1.29, 1.82) is 0 Å². The van der Waals surface area contributed by atoms with Gasteiger partial charge in [-0.2, -0.15) is 0 Å². The molecule has 1 aliphatic rings. The summed E-state index contributed by atoms with van der Waals surface area (Å²) in [5, 5.41) is 2.83. The summed E-state index contributed by atoms with van der Waals surface area (Å²) < 4.78 is 19.0. The Balaban J connectivity index is 1.81. The fourth-order valence-electron chi connectivity index (χ4n) is 2.90. The topological polar surface area (TPSA) is 67.6 Å². The first-order valence-corrected chi connectivity index (χ1v) is 8.37. The molecule has 0 fully saturated rings. The van der Waals surface area contributed by atoms with Gasteiger partial charge in [0.2, 0.25) is 5.91 Å². The molecule has 0 aliphatic carbocycles. The normalized spacial score (nSPS) is 17.4. The van der Waals surface area contributed by atoms with Gasteiger partial charge in [-0.1, -0.05) is 6.92 Å². The highest BCUT2D eigenvalue weighted by Gasteiger charge is 2.31. The molecule has 6 heteroatoms. The third-order valence-corrected chi connectivity index (χ3v) is 4.40. The monoisotopic (exact) mass is 343 g/mol. The summed E-state index contributed by atoms with van der Waals surface area (Å²) >= 11 is 0. The van der Waals surface area contributed by atoms with Crippen LogP contribution in [0.5, 0.6) is 5.75 Å². The van der Waals surface area contributed by atoms with Crippen molar-refractivity contribution >= 4 is 23.0 Å². The van der Waals surface area contributed by atoms with Crippen molar-refractivity contribution in [3.05, 3.63) is 48.3 Å². The molecule has 2 atom stereocenters. The van der Waals surface area contributed by atoms with Crippen LogP contribution in [0.2, 0.25) is 0 Å². The zero-order valence-corrected chi connectivity index (χ0v) is 14.3. The van der Waals surface area contributed by atoms with E-state index in [9.17, 15) is 9.18 Å². The lowest BCUT2D eigenvalue weighted by molar-refractivity contribution is -0.117. The molecule has 1 aliphatic heterocycles. The van der Waals surface area contributed by atoms with Crippen LogP contribution in [0.1, 0.15) is 20.3 Å². The van der Waals surface area contributed by atoms with Crippen LogP contribution in [0.15, 0.2) is 42.5 Å². The quantitative estimate of drug-likeness (QED) is 0.835. The predicted molar refractivity (Wildman–Crippen MR) is 97.4 cm³/mol. The molecular weight excluding hydrogens is 321 g/mol. The van der Waals surface area contributed by atoms with Crippen molar-refractivity contribution < 1.29 is 13.9 Å². The van der Waals surface area contributed by atoms with E-state index in [1.54, 1.807) is 24.3 Å². The lowest BCUT2D eigenvalue weighted by atomic mass is 10.1. The first-order chi connectivity index (χ1) is 12.0. The molecule has 0 spiro atoms. The van der Waals surface area contributed by atoms with Crippen molar-refractivity contribution in [3.8, 4) is 5.75 Å². The lowest BCUT2D eigenvalue weighted by Crippen LogP contribution is -2.49. The fourth-order valence-corrected chi connectivity index (χ4v) is 2.90. The molecule has 0 aromatic heterocycles. The minimum atomic E-state index is -0.412. The molecular formula is C19H22FN3O2. The Labute approximate surface area is 146 Å². The predicted octanol–water partition coefficient (Wildman–Crippen LogP) is 3.41. The summed E-state index contributed by atoms with van der Waals surface area (Å²) in [6, 6.07) is 10.8. The Kier molecular flexibility index (Phi) is 4.79. The number of carbonyl (C=O) groups is 1. The van der Waals surface area contributed by atoms with E-state index < -0.39 is 6.04 Å². The highest BCUT2D eigenvalue weighted by molar-refractivity contribution is 5.97. The second-order valence-electron chi connectivity index (χ2n) is 6.20. The van der Waals surface area contributed by atoms with E-state index in [1.807, 2.05) is 24.8 Å². The number of halogens is 1. The van der Waals surface area contributed by atoms with Gasteiger partial charge in [0.1, 0.15) is 23.7 Å². The van der Waals surface area contributed by atoms with E-state index in [1.165, 1.54) is 12.1 Å². The summed E-state index contributed by atoms with van der Waals surface area (Å²) in [5.41, 5.74) is 7.89. The first kappa shape index (κ1) is 17.1. The van der Waals surface area contributed by atoms with Gasteiger partial charge in [-0.15, -0.1) is 0 Å². The zero-order chi connectivity index (χ0) is 18.0. The average molecular weight is 343 g/mol. The molecule has 0 radical (unpaired) electrons. The summed E-state index contributed by atoms with van der Waals surface area (Å²) in [5.74, 6) is 0.196. The van der Waals surface area contributed by atoms with Crippen LogP contribution in [0.4, 0.5) is 21.5 Å². The van der Waals surface area contributed by atoms with Crippen molar-refractivity contribution in [2.75, 3.05) is 22.5 Å². The number of benzene rings is 2. The van der Waals surface area contributed by atoms with Crippen molar-refractivity contribution in [3.63, 3.8) is 0 Å². The maximum Gasteiger partial charge on any atom is 0.246 e. The maximum absolute atomic E-state index is 13.0. The summed E-state index contributed by atoms with van der Waals surface area (Å²) in [6.07, 6.45) is 0.826. The van der Waals surface area contributed by atoms with Crippen molar-refractivity contribution in [2.24, 2.45) is 0 Å². The number of carbonyl (C=O) groups excluding carboxylic acids is 1. The summed E-state index contributed by atoms with van der Waals surface area (Å²) in [6.45, 7) is 4.51. The number of ether oxygens (including phenoxy) is 1. The number of hydrogen-bond donors (Lipinski definition) is 2. The van der Waals surface area contributed by atoms with Gasteiger partial charge in [-0.25, -0.2) is 4.39 Å². The minimum Gasteiger partial charge on any atom is -0.486 e. The third-order valence-electron chi connectivity index (χ3n) is 4.40. The zero-order valence-electron chi connectivity index (χ0n) is 14.3. The molecule has 2 unspecified atom stereocenters. The molecule has 3 N–H and O–H groups in total. The van der Waals surface area contributed by atoms with E-state index in [0.29, 0.717) is 23.7 Å². The molecule has 0 saturated carbocycles. The van der Waals surface area contributed by atoms with E-state index in [4.69, 9.17) is 10.5 Å². The van der Waals surface area contributed by atoms with Gasteiger partial charge < -0.3 is 20.7 Å². The number of amides is 1. The molecule has 1 heterocycles. The van der Waals surface area contributed by atoms with Crippen LogP contribution in [0, 0.1) is 5.82 Å². The minimum absolute atomic E-state index is 0.00429. The molecule has 0 saturated heterocycles. The smallest absolute Gasteiger partial charge is 0.246 e. The number of fused-ring (bicyclic) bond motifs is 1. The lowest BCUT2D eigenvalue weighted by Gasteiger charge is -2.39. The number of nitrogens with zero attached hydrogens (tertiary/aromatic N) is 1. The number of hydrogen-bond acceptors (Lipinski definition) is 4. The van der Waals surface area contributed by atoms with Gasteiger partial charge in [0.25, 0.3) is 0 Å². The fraction of sp³-hybridized carbons (Fsp3) is 0.316. The standard InChI is InChI=1S/C19H22FN3O2/c1-3-16-11-23(17-9-6-14(21)10-18(17)25-16)12(2)19(24)22-15-7-4-13(20)5-8-15/h4-10,12,16H,3,11,21H2,1-2H3,(H,22,24). The molecule has 132 valence electrons.